The highest BCUT2D eigenvalue weighted by molar-refractivity contribution is 7.71. The zero-order valence-electron chi connectivity index (χ0n) is 9.87. The summed E-state index contributed by atoms with van der Waals surface area (Å²) in [6, 6.07) is 3.66. The van der Waals surface area contributed by atoms with Crippen LogP contribution in [0, 0.1) is 4.84 Å². The van der Waals surface area contributed by atoms with Crippen molar-refractivity contribution in [1.82, 2.24) is 15.2 Å². The zero-order chi connectivity index (χ0) is 13.2. The monoisotopic (exact) mass is 295 g/mol. The fourth-order valence-electron chi connectivity index (χ4n) is 1.59. The van der Waals surface area contributed by atoms with Gasteiger partial charge in [-0.15, -0.1) is 16.4 Å². The Labute approximate surface area is 117 Å². The van der Waals surface area contributed by atoms with Crippen LogP contribution >= 0.6 is 23.6 Å². The van der Waals surface area contributed by atoms with Gasteiger partial charge in [-0.1, -0.05) is 0 Å². The normalized spacial score (nSPS) is 11.0. The minimum absolute atomic E-state index is 0.228. The molecule has 19 heavy (non-hydrogen) atoms. The van der Waals surface area contributed by atoms with Gasteiger partial charge in [0.2, 0.25) is 0 Å². The van der Waals surface area contributed by atoms with Gasteiger partial charge in [0.05, 0.1) is 18.6 Å². The highest BCUT2D eigenvalue weighted by atomic mass is 32.1. The molecule has 0 aliphatic rings. The number of hydrogen-bond acceptors (Lipinski definition) is 7. The highest BCUT2D eigenvalue weighted by Crippen LogP contribution is 2.35. The van der Waals surface area contributed by atoms with Crippen LogP contribution in [0.5, 0.6) is 0 Å². The van der Waals surface area contributed by atoms with Crippen LogP contribution in [0.25, 0.3) is 21.5 Å². The van der Waals surface area contributed by atoms with Crippen molar-refractivity contribution < 1.29 is 13.6 Å². The Hall–Kier alpha value is -1.77. The van der Waals surface area contributed by atoms with Gasteiger partial charge in [0.1, 0.15) is 4.88 Å². The first-order valence-corrected chi connectivity index (χ1v) is 6.59. The lowest BCUT2D eigenvalue weighted by Gasteiger charge is -1.95. The summed E-state index contributed by atoms with van der Waals surface area (Å²) in [5.74, 6) is 1.11. The van der Waals surface area contributed by atoms with Gasteiger partial charge in [-0.3, -0.25) is 0 Å². The van der Waals surface area contributed by atoms with Gasteiger partial charge in [-0.2, -0.15) is 0 Å². The van der Waals surface area contributed by atoms with E-state index >= 15 is 0 Å². The van der Waals surface area contributed by atoms with Crippen molar-refractivity contribution in [1.29, 1.82) is 0 Å². The first kappa shape index (κ1) is 12.3. The average molecular weight is 295 g/mol. The molecule has 0 aromatic carbocycles. The molecule has 3 aromatic rings. The third-order valence-electron chi connectivity index (χ3n) is 2.34. The molecule has 0 spiro atoms. The Bertz CT molecular complexity index is 727. The largest absolute Gasteiger partial charge is 0.462 e. The van der Waals surface area contributed by atoms with E-state index in [9.17, 15) is 0 Å². The Kier molecular flexibility index (Phi) is 3.28. The molecule has 3 aromatic heterocycles. The number of H-pyrrole nitrogens is 1. The summed E-state index contributed by atoms with van der Waals surface area (Å²) in [7, 11) is 1.61. The summed E-state index contributed by atoms with van der Waals surface area (Å²) in [5.41, 5.74) is 0.740. The molecule has 0 aliphatic heterocycles. The highest BCUT2D eigenvalue weighted by Gasteiger charge is 2.19. The van der Waals surface area contributed by atoms with E-state index in [2.05, 4.69) is 15.2 Å². The number of aromatic nitrogens is 3. The molecule has 8 heteroatoms. The molecule has 6 nitrogen and oxygen atoms in total. The number of rotatable bonds is 4. The third kappa shape index (κ3) is 2.37. The molecule has 98 valence electrons. The minimum atomic E-state index is 0.228. The van der Waals surface area contributed by atoms with Crippen molar-refractivity contribution in [3.05, 3.63) is 28.9 Å². The fourth-order valence-corrected chi connectivity index (χ4v) is 2.67. The number of methoxy groups -OCH3 is 1. The van der Waals surface area contributed by atoms with E-state index in [1.54, 1.807) is 13.4 Å². The molecule has 0 aliphatic carbocycles. The first-order chi connectivity index (χ1) is 9.28. The number of furan rings is 1. The van der Waals surface area contributed by atoms with E-state index in [1.165, 1.54) is 11.3 Å². The lowest BCUT2D eigenvalue weighted by molar-refractivity contribution is 0.182. The molecule has 0 radical (unpaired) electrons. The molecule has 0 atom stereocenters. The van der Waals surface area contributed by atoms with Crippen LogP contribution in [-0.4, -0.2) is 22.3 Å². The van der Waals surface area contributed by atoms with Gasteiger partial charge in [-0.05, 0) is 24.4 Å². The van der Waals surface area contributed by atoms with Crippen molar-refractivity contribution >= 4 is 23.6 Å². The Balaban J connectivity index is 2.09. The number of thiazole rings is 1. The molecular formula is C11H9N3O3S2. The molecule has 0 bridgehead atoms. The number of hydrogen-bond donors (Lipinski definition) is 1. The Morgan fingerprint density at radius 3 is 3.05 bits per heavy atom. The SMILES string of the molecule is COCc1nc(-c2ccco2)sc1-c1n[nH]c(=S)o1. The predicted molar refractivity (Wildman–Crippen MR) is 71.2 cm³/mol. The number of nitrogens with one attached hydrogen (secondary N) is 1. The van der Waals surface area contributed by atoms with Crippen LogP contribution in [0.15, 0.2) is 27.2 Å². The number of ether oxygens (including phenoxy) is 1. The number of nitrogens with zero attached hydrogens (tertiary/aromatic N) is 2. The Morgan fingerprint density at radius 2 is 2.42 bits per heavy atom. The van der Waals surface area contributed by atoms with Crippen LogP contribution < -0.4 is 0 Å². The molecule has 0 fully saturated rings. The summed E-state index contributed by atoms with van der Waals surface area (Å²) >= 11 is 6.29. The standard InChI is InChI=1S/C11H9N3O3S2/c1-15-5-6-8(9-13-14-11(18)17-9)19-10(12-6)7-3-2-4-16-7/h2-4H,5H2,1H3,(H,14,18). The van der Waals surface area contributed by atoms with Crippen molar-refractivity contribution in [2.75, 3.05) is 7.11 Å². The van der Waals surface area contributed by atoms with Crippen LogP contribution in [-0.2, 0) is 11.3 Å². The smallest absolute Gasteiger partial charge is 0.284 e. The average Bonchev–Trinajstić information content (AvgIpc) is 3.08. The van der Waals surface area contributed by atoms with Crippen molar-refractivity contribution in [2.45, 2.75) is 6.61 Å². The van der Waals surface area contributed by atoms with E-state index in [4.69, 9.17) is 25.8 Å². The number of aromatic amines is 1. The van der Waals surface area contributed by atoms with Gasteiger partial charge in [0, 0.05) is 7.11 Å². The van der Waals surface area contributed by atoms with Gasteiger partial charge in [-0.25, -0.2) is 10.1 Å². The molecule has 1 N–H and O–H groups in total. The van der Waals surface area contributed by atoms with Crippen LogP contribution in [0.4, 0.5) is 0 Å². The van der Waals surface area contributed by atoms with Gasteiger partial charge < -0.3 is 13.6 Å². The van der Waals surface area contributed by atoms with E-state index in [0.717, 1.165) is 15.6 Å². The first-order valence-electron chi connectivity index (χ1n) is 5.36. The van der Waals surface area contributed by atoms with E-state index in [1.807, 2.05) is 12.1 Å². The second-order valence-electron chi connectivity index (χ2n) is 3.62. The summed E-state index contributed by atoms with van der Waals surface area (Å²) in [5, 5.41) is 7.35. The van der Waals surface area contributed by atoms with Crippen LogP contribution in [0.2, 0.25) is 0 Å². The van der Waals surface area contributed by atoms with Gasteiger partial charge in [0.15, 0.2) is 10.8 Å². The summed E-state index contributed by atoms with van der Waals surface area (Å²) in [6.45, 7) is 0.363. The van der Waals surface area contributed by atoms with Crippen molar-refractivity contribution in [3.63, 3.8) is 0 Å². The topological polar surface area (TPSA) is 77.1 Å². The quantitative estimate of drug-likeness (QED) is 0.744. The van der Waals surface area contributed by atoms with Crippen LogP contribution in [0.3, 0.4) is 0 Å². The predicted octanol–water partition coefficient (Wildman–Crippen LogP) is 3.26. The fraction of sp³-hybridized carbons (Fsp3) is 0.182. The molecule has 0 saturated carbocycles. The lowest BCUT2D eigenvalue weighted by Crippen LogP contribution is -1.90. The lowest BCUT2D eigenvalue weighted by atomic mass is 10.3. The van der Waals surface area contributed by atoms with Gasteiger partial charge >= 0.3 is 0 Å². The molecular weight excluding hydrogens is 286 g/mol. The molecule has 0 amide bonds. The van der Waals surface area contributed by atoms with Crippen LogP contribution in [0.1, 0.15) is 5.69 Å². The second kappa shape index (κ2) is 5.08. The summed E-state index contributed by atoms with van der Waals surface area (Å²) in [4.78, 5) is 5.49. The maximum absolute atomic E-state index is 5.33. The van der Waals surface area contributed by atoms with E-state index in [-0.39, 0.29) is 4.84 Å². The minimum Gasteiger partial charge on any atom is -0.462 e. The third-order valence-corrected chi connectivity index (χ3v) is 3.62. The van der Waals surface area contributed by atoms with Crippen molar-refractivity contribution in [3.8, 4) is 21.5 Å². The summed E-state index contributed by atoms with van der Waals surface area (Å²) < 4.78 is 15.8. The van der Waals surface area contributed by atoms with Crippen molar-refractivity contribution in [2.24, 2.45) is 0 Å². The second-order valence-corrected chi connectivity index (χ2v) is 4.99. The van der Waals surface area contributed by atoms with E-state index < -0.39 is 0 Å². The molecule has 0 unspecified atom stereocenters. The summed E-state index contributed by atoms with van der Waals surface area (Å²) in [6.07, 6.45) is 1.60. The molecule has 3 rings (SSSR count). The molecule has 3 heterocycles. The van der Waals surface area contributed by atoms with E-state index in [0.29, 0.717) is 18.3 Å². The van der Waals surface area contributed by atoms with Gasteiger partial charge in [0.25, 0.3) is 10.7 Å². The molecule has 0 saturated heterocycles. The maximum atomic E-state index is 5.33. The maximum Gasteiger partial charge on any atom is 0.284 e. The zero-order valence-corrected chi connectivity index (χ0v) is 11.5. The Morgan fingerprint density at radius 1 is 1.53 bits per heavy atom.